The van der Waals surface area contributed by atoms with Crippen molar-refractivity contribution in [3.8, 4) is 11.6 Å². The molecule has 7 aromatic rings. The van der Waals surface area contributed by atoms with E-state index in [-0.39, 0.29) is 76.2 Å². The summed E-state index contributed by atoms with van der Waals surface area (Å²) in [7, 11) is 0. The normalized spacial score (nSPS) is 13.1. The number of nitrogens with zero attached hydrogens (tertiary/aromatic N) is 6. The van der Waals surface area contributed by atoms with Crippen molar-refractivity contribution >= 4 is 86.0 Å². The molecule has 0 aliphatic carbocycles. The zero-order valence-electron chi connectivity index (χ0n) is 32.8. The van der Waals surface area contributed by atoms with E-state index in [0.717, 1.165) is 17.7 Å². The van der Waals surface area contributed by atoms with Crippen molar-refractivity contribution in [3.05, 3.63) is 153 Å². The molecule has 1 unspecified atom stereocenters. The molecule has 3 aromatic heterocycles. The second-order valence-electron chi connectivity index (χ2n) is 14.0. The van der Waals surface area contributed by atoms with E-state index in [1.807, 2.05) is 35.7 Å². The lowest BCUT2D eigenvalue weighted by molar-refractivity contribution is -0.144. The molecule has 0 saturated carbocycles. The van der Waals surface area contributed by atoms with Gasteiger partial charge in [0.05, 0.1) is 35.4 Å². The second kappa shape index (κ2) is 19.0. The van der Waals surface area contributed by atoms with Gasteiger partial charge in [-0.15, -0.1) is 28.0 Å². The van der Waals surface area contributed by atoms with Crippen molar-refractivity contribution < 1.29 is 37.8 Å². The zero-order chi connectivity index (χ0) is 44.0. The number of carbonyl (C=O) groups excluding carboxylic acids is 3. The maximum Gasteiger partial charge on any atom is 0.336 e. The van der Waals surface area contributed by atoms with Gasteiger partial charge in [-0.3, -0.25) is 19.2 Å². The van der Waals surface area contributed by atoms with Gasteiger partial charge in [0.15, 0.2) is 17.5 Å². The number of oxime groups is 1. The number of aryl methyl sites for hydroxylation is 1. The van der Waals surface area contributed by atoms with Crippen LogP contribution < -0.4 is 15.0 Å². The number of hydrogen-bond acceptors (Lipinski definition) is 11. The molecule has 0 bridgehead atoms. The minimum atomic E-state index is -1.15. The van der Waals surface area contributed by atoms with Crippen LogP contribution in [0, 0.1) is 11.6 Å². The molecule has 1 atom stereocenters. The van der Waals surface area contributed by atoms with Crippen LogP contribution in [0.25, 0.3) is 10.9 Å². The van der Waals surface area contributed by atoms with Crippen LogP contribution in [0.5, 0.6) is 11.6 Å². The Hall–Kier alpha value is -6.95. The van der Waals surface area contributed by atoms with E-state index in [1.165, 1.54) is 27.0 Å². The monoisotopic (exact) mass is 910 g/mol. The number of para-hydroxylation sites is 1. The highest BCUT2D eigenvalue weighted by Crippen LogP contribution is 2.38. The van der Waals surface area contributed by atoms with Crippen molar-refractivity contribution in [2.45, 2.75) is 32.0 Å². The van der Waals surface area contributed by atoms with Crippen molar-refractivity contribution in [2.24, 2.45) is 10.1 Å². The fourth-order valence-electron chi connectivity index (χ4n) is 6.92. The van der Waals surface area contributed by atoms with Crippen LogP contribution in [0.1, 0.15) is 39.7 Å². The van der Waals surface area contributed by atoms with E-state index in [1.54, 1.807) is 54.7 Å². The van der Waals surface area contributed by atoms with E-state index >= 15 is 0 Å². The number of aromatic amines is 1. The lowest BCUT2D eigenvalue weighted by atomic mass is 10.0. The molecular formula is C44H34Cl2F2N8O6S. The standard InChI is InChI=1S/C44H34Cl2F2N8O6S/c45-22-37(57)56(42(36-11-6-18-63-36)44(60)49-16-14-25-7-2-1-3-8-25)27-12-13-35(30(46)19-27)61-24-26-23-55(54-52-26)17-15-38(58)62-53-40-29-20-31(47)32(48)21-34(29)50-41(40)39-28-9-4-5-10-33(28)51-43(39)59/h1-13,18-21,23,42,51,59H,14-17,22,24H2,(H,49,60)/b53-40+. The number of hydrogen-bond donors (Lipinski definition) is 3. The van der Waals surface area contributed by atoms with Crippen LogP contribution in [-0.2, 0) is 38.8 Å². The van der Waals surface area contributed by atoms with E-state index in [4.69, 9.17) is 32.8 Å². The van der Waals surface area contributed by atoms with E-state index in [2.05, 4.69) is 30.8 Å². The van der Waals surface area contributed by atoms with Crippen LogP contribution >= 0.6 is 34.5 Å². The van der Waals surface area contributed by atoms with Gasteiger partial charge >= 0.3 is 5.97 Å². The summed E-state index contributed by atoms with van der Waals surface area (Å²) < 4.78 is 35.9. The number of amides is 2. The van der Waals surface area contributed by atoms with Crippen LogP contribution in [-0.4, -0.2) is 66.7 Å². The Labute approximate surface area is 371 Å². The van der Waals surface area contributed by atoms with Crippen LogP contribution in [0.4, 0.5) is 20.2 Å². The van der Waals surface area contributed by atoms with E-state index < -0.39 is 29.6 Å². The maximum absolute atomic E-state index is 14.4. The molecule has 0 spiro atoms. The maximum atomic E-state index is 14.4. The molecule has 0 fully saturated rings. The highest BCUT2D eigenvalue weighted by atomic mass is 35.5. The summed E-state index contributed by atoms with van der Waals surface area (Å²) in [6.07, 6.45) is 1.95. The van der Waals surface area contributed by atoms with Gasteiger partial charge in [-0.25, -0.2) is 18.6 Å². The SMILES string of the molecule is O=C(CCn1cc(COc2ccc(N(C(=O)CCl)C(C(=O)NCCc3ccccc3)c3cccs3)cc2Cl)nn1)O/N=C1/C(c2c(O)[nH]c3ccccc23)=Nc2cc(F)c(F)cc21. The zero-order valence-corrected chi connectivity index (χ0v) is 35.1. The largest absolute Gasteiger partial charge is 0.494 e. The molecule has 8 rings (SSSR count). The first-order valence-corrected chi connectivity index (χ1v) is 21.1. The van der Waals surface area contributed by atoms with Gasteiger partial charge in [-0.1, -0.05) is 76.6 Å². The number of ether oxygens (including phenoxy) is 1. The average Bonchev–Trinajstić information content (AvgIpc) is 4.10. The quantitative estimate of drug-likeness (QED) is 0.0494. The molecule has 4 aromatic carbocycles. The molecule has 1 aliphatic rings. The number of H-pyrrole nitrogens is 1. The number of aromatic hydroxyl groups is 1. The van der Waals surface area contributed by atoms with Crippen molar-refractivity contribution in [2.75, 3.05) is 17.3 Å². The lowest BCUT2D eigenvalue weighted by Crippen LogP contribution is -2.44. The number of anilines is 1. The van der Waals surface area contributed by atoms with Crippen molar-refractivity contribution in [1.82, 2.24) is 25.3 Å². The van der Waals surface area contributed by atoms with Gasteiger partial charge in [0.25, 0.3) is 0 Å². The summed E-state index contributed by atoms with van der Waals surface area (Å²) in [6, 6.07) is 25.7. The predicted molar refractivity (Wildman–Crippen MR) is 234 cm³/mol. The fourth-order valence-corrected chi connectivity index (χ4v) is 8.09. The number of aromatic nitrogens is 4. The van der Waals surface area contributed by atoms with Gasteiger partial charge in [-0.05, 0) is 53.8 Å². The molecule has 19 heteroatoms. The Morgan fingerprint density at radius 3 is 2.57 bits per heavy atom. The summed E-state index contributed by atoms with van der Waals surface area (Å²) in [5, 5.41) is 28.4. The molecule has 0 saturated heterocycles. The molecule has 14 nitrogen and oxygen atoms in total. The van der Waals surface area contributed by atoms with Gasteiger partial charge in [-0.2, -0.15) is 0 Å². The average molecular weight is 912 g/mol. The second-order valence-corrected chi connectivity index (χ2v) is 15.7. The van der Waals surface area contributed by atoms with Gasteiger partial charge < -0.3 is 25.0 Å². The van der Waals surface area contributed by atoms with Crippen LogP contribution in [0.2, 0.25) is 5.02 Å². The van der Waals surface area contributed by atoms with Gasteiger partial charge in [0.2, 0.25) is 11.8 Å². The third-order valence-electron chi connectivity index (χ3n) is 9.87. The van der Waals surface area contributed by atoms with E-state index in [9.17, 15) is 28.3 Å². The Bertz CT molecular complexity index is 2890. The Balaban J connectivity index is 0.904. The van der Waals surface area contributed by atoms with Crippen molar-refractivity contribution in [3.63, 3.8) is 0 Å². The molecular weight excluding hydrogens is 878 g/mol. The lowest BCUT2D eigenvalue weighted by Gasteiger charge is -2.30. The van der Waals surface area contributed by atoms with Gasteiger partial charge in [0.1, 0.15) is 41.4 Å². The number of rotatable bonds is 16. The molecule has 63 heavy (non-hydrogen) atoms. The smallest absolute Gasteiger partial charge is 0.336 e. The van der Waals surface area contributed by atoms with Crippen molar-refractivity contribution in [1.29, 1.82) is 0 Å². The Kier molecular flexibility index (Phi) is 12.9. The van der Waals surface area contributed by atoms with Crippen LogP contribution in [0.3, 0.4) is 0 Å². The third-order valence-corrected chi connectivity index (χ3v) is 11.3. The summed E-state index contributed by atoms with van der Waals surface area (Å²) >= 11 is 14.1. The first kappa shape index (κ1) is 42.7. The fraction of sp³-hybridized carbons (Fsp3) is 0.159. The number of nitrogens with one attached hydrogen (secondary N) is 2. The molecule has 320 valence electrons. The summed E-state index contributed by atoms with van der Waals surface area (Å²) in [5.74, 6) is -4.34. The summed E-state index contributed by atoms with van der Waals surface area (Å²) in [6.45, 7) is 0.315. The minimum Gasteiger partial charge on any atom is -0.494 e. The number of benzene rings is 4. The summed E-state index contributed by atoms with van der Waals surface area (Å²) in [4.78, 5) is 54.4. The predicted octanol–water partition coefficient (Wildman–Crippen LogP) is 8.18. The number of thiophene rings is 1. The minimum absolute atomic E-state index is 0.0302. The first-order valence-electron chi connectivity index (χ1n) is 19.3. The highest BCUT2D eigenvalue weighted by Gasteiger charge is 2.34. The first-order chi connectivity index (χ1) is 30.6. The molecule has 2 amide bonds. The van der Waals surface area contributed by atoms with Crippen LogP contribution in [0.15, 0.2) is 119 Å². The number of aliphatic imine (C=N–C) groups is 1. The topological polar surface area (TPSA) is 176 Å². The summed E-state index contributed by atoms with van der Waals surface area (Å²) in [5.41, 5.74) is 2.65. The Morgan fingerprint density at radius 2 is 1.79 bits per heavy atom. The molecule has 4 heterocycles. The van der Waals surface area contributed by atoms with Gasteiger partial charge in [0, 0.05) is 39.6 Å². The number of fused-ring (bicyclic) bond motifs is 2. The molecule has 1 aliphatic heterocycles. The number of carbonyl (C=O) groups is 3. The molecule has 0 radical (unpaired) electrons. The molecule has 3 N–H and O–H groups in total. The number of alkyl halides is 1. The Morgan fingerprint density at radius 1 is 1.00 bits per heavy atom. The highest BCUT2D eigenvalue weighted by molar-refractivity contribution is 7.10. The van der Waals surface area contributed by atoms with E-state index in [0.29, 0.717) is 40.1 Å². The number of halogens is 4. The third kappa shape index (κ3) is 9.45.